The van der Waals surface area contributed by atoms with Gasteiger partial charge in [-0.1, -0.05) is 41.4 Å². The fourth-order valence-electron chi connectivity index (χ4n) is 2.84. The molecule has 27 heavy (non-hydrogen) atoms. The molecule has 1 heterocycles. The standard InChI is InChI=1S/C20H16Cl2N2OS2/c1-26-14-5-3-13(4-6-14)15-9-19(25)24-20(16(15)10-23)27-11-12-2-7-17(21)18(22)8-12/h2-8,15H,9,11H2,1H3,(H,24,25)/t15-/m0/s1. The van der Waals surface area contributed by atoms with E-state index in [4.69, 9.17) is 23.2 Å². The Hall–Kier alpha value is -1.58. The van der Waals surface area contributed by atoms with Crippen LogP contribution in [-0.2, 0) is 10.5 Å². The molecule has 138 valence electrons. The fraction of sp³-hybridized carbons (Fsp3) is 0.200. The van der Waals surface area contributed by atoms with Gasteiger partial charge in [-0.3, -0.25) is 4.79 Å². The zero-order valence-electron chi connectivity index (χ0n) is 14.5. The number of rotatable bonds is 5. The number of hydrogen-bond acceptors (Lipinski definition) is 4. The lowest BCUT2D eigenvalue weighted by atomic mass is 9.87. The Kier molecular flexibility index (Phi) is 6.78. The molecule has 1 aliphatic heterocycles. The highest BCUT2D eigenvalue weighted by atomic mass is 35.5. The second-order valence-corrected chi connectivity index (χ2v) is 8.65. The Morgan fingerprint density at radius 3 is 2.56 bits per heavy atom. The van der Waals surface area contributed by atoms with Crippen molar-refractivity contribution in [3.8, 4) is 6.07 Å². The number of allylic oxidation sites excluding steroid dienone is 1. The topological polar surface area (TPSA) is 52.9 Å². The summed E-state index contributed by atoms with van der Waals surface area (Å²) in [6.45, 7) is 0. The van der Waals surface area contributed by atoms with Gasteiger partial charge in [-0.25, -0.2) is 0 Å². The second-order valence-electron chi connectivity index (χ2n) is 5.97. The highest BCUT2D eigenvalue weighted by Crippen LogP contribution is 2.37. The van der Waals surface area contributed by atoms with Crippen LogP contribution < -0.4 is 5.32 Å². The van der Waals surface area contributed by atoms with Crippen molar-refractivity contribution in [3.05, 3.63) is 74.2 Å². The molecule has 1 aliphatic rings. The summed E-state index contributed by atoms with van der Waals surface area (Å²) in [7, 11) is 0. The summed E-state index contributed by atoms with van der Waals surface area (Å²) in [5.41, 5.74) is 2.54. The zero-order valence-corrected chi connectivity index (χ0v) is 17.6. The number of hydrogen-bond donors (Lipinski definition) is 1. The van der Waals surface area contributed by atoms with Crippen molar-refractivity contribution in [2.45, 2.75) is 23.0 Å². The molecule has 0 radical (unpaired) electrons. The van der Waals surface area contributed by atoms with Crippen LogP contribution in [0, 0.1) is 11.3 Å². The van der Waals surface area contributed by atoms with Crippen molar-refractivity contribution in [1.29, 1.82) is 5.26 Å². The molecule has 1 atom stereocenters. The average Bonchev–Trinajstić information content (AvgIpc) is 2.68. The van der Waals surface area contributed by atoms with Crippen molar-refractivity contribution in [2.75, 3.05) is 6.26 Å². The van der Waals surface area contributed by atoms with Gasteiger partial charge in [0.15, 0.2) is 0 Å². The normalized spacial score (nSPS) is 16.8. The van der Waals surface area contributed by atoms with E-state index in [1.807, 2.05) is 36.6 Å². The number of halogens is 2. The maximum Gasteiger partial charge on any atom is 0.225 e. The largest absolute Gasteiger partial charge is 0.320 e. The lowest BCUT2D eigenvalue weighted by Crippen LogP contribution is -2.30. The fourth-order valence-corrected chi connectivity index (χ4v) is 4.59. The van der Waals surface area contributed by atoms with E-state index >= 15 is 0 Å². The minimum atomic E-state index is -0.226. The minimum absolute atomic E-state index is 0.0791. The monoisotopic (exact) mass is 434 g/mol. The molecule has 0 bridgehead atoms. The minimum Gasteiger partial charge on any atom is -0.320 e. The van der Waals surface area contributed by atoms with E-state index in [0.717, 1.165) is 16.0 Å². The third-order valence-electron chi connectivity index (χ3n) is 4.24. The van der Waals surface area contributed by atoms with Crippen molar-refractivity contribution < 1.29 is 4.79 Å². The van der Waals surface area contributed by atoms with E-state index in [2.05, 4.69) is 11.4 Å². The van der Waals surface area contributed by atoms with Crippen LogP contribution in [0.15, 0.2) is 58.0 Å². The van der Waals surface area contributed by atoms with Crippen molar-refractivity contribution in [3.63, 3.8) is 0 Å². The van der Waals surface area contributed by atoms with Gasteiger partial charge >= 0.3 is 0 Å². The number of amides is 1. The van der Waals surface area contributed by atoms with Gasteiger partial charge < -0.3 is 5.32 Å². The van der Waals surface area contributed by atoms with Crippen LogP contribution in [0.2, 0.25) is 10.0 Å². The Balaban J connectivity index is 1.86. The number of nitriles is 1. The molecule has 3 rings (SSSR count). The predicted octanol–water partition coefficient (Wildman–Crippen LogP) is 5.99. The van der Waals surface area contributed by atoms with Crippen LogP contribution in [0.25, 0.3) is 0 Å². The summed E-state index contributed by atoms with van der Waals surface area (Å²) < 4.78 is 0. The van der Waals surface area contributed by atoms with Crippen LogP contribution in [0.5, 0.6) is 0 Å². The molecule has 3 nitrogen and oxygen atoms in total. The second kappa shape index (κ2) is 9.07. The number of carbonyl (C=O) groups is 1. The van der Waals surface area contributed by atoms with E-state index < -0.39 is 0 Å². The van der Waals surface area contributed by atoms with E-state index in [0.29, 0.717) is 26.4 Å². The molecule has 0 saturated carbocycles. The summed E-state index contributed by atoms with van der Waals surface area (Å²) in [5, 5.41) is 14.2. The highest BCUT2D eigenvalue weighted by molar-refractivity contribution is 8.02. The third kappa shape index (κ3) is 4.83. The number of thioether (sulfide) groups is 2. The van der Waals surface area contributed by atoms with Gasteiger partial charge in [0.2, 0.25) is 5.91 Å². The van der Waals surface area contributed by atoms with Crippen LogP contribution in [0.1, 0.15) is 23.5 Å². The van der Waals surface area contributed by atoms with Crippen molar-refractivity contribution in [2.24, 2.45) is 0 Å². The molecule has 1 N–H and O–H groups in total. The molecule has 2 aromatic carbocycles. The molecule has 0 spiro atoms. The number of nitrogens with zero attached hydrogens (tertiary/aromatic N) is 1. The quantitative estimate of drug-likeness (QED) is 0.587. The smallest absolute Gasteiger partial charge is 0.225 e. The molecule has 0 unspecified atom stereocenters. The summed E-state index contributed by atoms with van der Waals surface area (Å²) in [5.74, 6) is 0.274. The summed E-state index contributed by atoms with van der Waals surface area (Å²) in [6, 6.07) is 15.8. The summed E-state index contributed by atoms with van der Waals surface area (Å²) in [6.07, 6.45) is 2.29. The predicted molar refractivity (Wildman–Crippen MR) is 114 cm³/mol. The Bertz CT molecular complexity index is 936. The molecule has 0 saturated heterocycles. The van der Waals surface area contributed by atoms with Gasteiger partial charge in [-0.05, 0) is 41.6 Å². The molecular weight excluding hydrogens is 419 g/mol. The number of nitrogens with one attached hydrogen (secondary N) is 1. The molecule has 2 aromatic rings. The number of carbonyl (C=O) groups excluding carboxylic acids is 1. The van der Waals surface area contributed by atoms with Crippen LogP contribution in [-0.4, -0.2) is 12.2 Å². The lowest BCUT2D eigenvalue weighted by Gasteiger charge is -2.25. The first-order valence-corrected chi connectivity index (χ1v) is 11.1. The summed E-state index contributed by atoms with van der Waals surface area (Å²) >= 11 is 15.1. The molecular formula is C20H16Cl2N2OS2. The molecule has 0 aromatic heterocycles. The van der Waals surface area contributed by atoms with E-state index in [9.17, 15) is 10.1 Å². The zero-order chi connectivity index (χ0) is 19.4. The lowest BCUT2D eigenvalue weighted by molar-refractivity contribution is -0.120. The van der Waals surface area contributed by atoms with Gasteiger partial charge in [0.1, 0.15) is 0 Å². The third-order valence-corrected chi connectivity index (χ3v) is 6.81. The van der Waals surface area contributed by atoms with E-state index in [1.54, 1.807) is 23.9 Å². The Morgan fingerprint density at radius 1 is 1.19 bits per heavy atom. The molecule has 0 aliphatic carbocycles. The first-order chi connectivity index (χ1) is 13.0. The van der Waals surface area contributed by atoms with Gasteiger partial charge in [-0.2, -0.15) is 5.26 Å². The van der Waals surface area contributed by atoms with Gasteiger partial charge in [0.25, 0.3) is 0 Å². The van der Waals surface area contributed by atoms with Gasteiger partial charge in [-0.15, -0.1) is 23.5 Å². The maximum atomic E-state index is 12.2. The maximum absolute atomic E-state index is 12.2. The summed E-state index contributed by atoms with van der Waals surface area (Å²) in [4.78, 5) is 13.4. The number of benzene rings is 2. The van der Waals surface area contributed by atoms with Gasteiger partial charge in [0.05, 0.1) is 26.7 Å². The molecule has 1 amide bonds. The van der Waals surface area contributed by atoms with E-state index in [1.165, 1.54) is 11.8 Å². The van der Waals surface area contributed by atoms with E-state index in [-0.39, 0.29) is 18.2 Å². The first-order valence-electron chi connectivity index (χ1n) is 8.16. The van der Waals surface area contributed by atoms with Crippen LogP contribution in [0.3, 0.4) is 0 Å². The first kappa shape index (κ1) is 20.2. The molecule has 7 heteroatoms. The Labute approximate surface area is 177 Å². The van der Waals surface area contributed by atoms with Crippen molar-refractivity contribution in [1.82, 2.24) is 5.32 Å². The highest BCUT2D eigenvalue weighted by Gasteiger charge is 2.29. The van der Waals surface area contributed by atoms with Crippen molar-refractivity contribution >= 4 is 52.6 Å². The van der Waals surface area contributed by atoms with Crippen LogP contribution in [0.4, 0.5) is 0 Å². The average molecular weight is 435 g/mol. The SMILES string of the molecule is CSc1ccc([C@@H]2CC(=O)NC(SCc3ccc(Cl)c(Cl)c3)=C2C#N)cc1. The van der Waals surface area contributed by atoms with Gasteiger partial charge in [0, 0.05) is 23.0 Å². The van der Waals surface area contributed by atoms with Crippen LogP contribution >= 0.6 is 46.7 Å². The Morgan fingerprint density at radius 2 is 1.93 bits per heavy atom. The molecule has 0 fully saturated rings.